The summed E-state index contributed by atoms with van der Waals surface area (Å²) in [5.74, 6) is 1.69. The van der Waals surface area contributed by atoms with Crippen LogP contribution in [0.1, 0.15) is 32.6 Å². The quantitative estimate of drug-likeness (QED) is 0.847. The Bertz CT molecular complexity index is 715. The van der Waals surface area contributed by atoms with Crippen molar-refractivity contribution < 1.29 is 19.1 Å². The maximum atomic E-state index is 12.7. The van der Waals surface area contributed by atoms with Crippen molar-refractivity contribution in [3.05, 3.63) is 18.2 Å². The number of hydrogen-bond acceptors (Lipinski definition) is 5. The molecule has 2 atom stereocenters. The van der Waals surface area contributed by atoms with Crippen LogP contribution in [0.25, 0.3) is 0 Å². The molecular weight excluding hydrogens is 346 g/mol. The first kappa shape index (κ1) is 18.1. The molecule has 1 aromatic rings. The Morgan fingerprint density at radius 2 is 1.89 bits per heavy atom. The van der Waals surface area contributed by atoms with Gasteiger partial charge in [-0.15, -0.1) is 0 Å². The number of rotatable bonds is 3. The van der Waals surface area contributed by atoms with Gasteiger partial charge in [0.05, 0.1) is 0 Å². The average molecular weight is 373 g/mol. The van der Waals surface area contributed by atoms with Gasteiger partial charge in [0.25, 0.3) is 0 Å². The highest BCUT2D eigenvalue weighted by molar-refractivity contribution is 5.93. The lowest BCUT2D eigenvalue weighted by molar-refractivity contribution is -0.139. The first-order valence-corrected chi connectivity index (χ1v) is 9.83. The molecule has 146 valence electrons. The van der Waals surface area contributed by atoms with Crippen LogP contribution in [0.5, 0.6) is 11.5 Å². The summed E-state index contributed by atoms with van der Waals surface area (Å²) in [6.07, 6.45) is 3.24. The van der Waals surface area contributed by atoms with E-state index < -0.39 is 0 Å². The number of nitrogens with one attached hydrogen (secondary N) is 2. The zero-order chi connectivity index (χ0) is 18.8. The smallest absolute Gasteiger partial charge is 0.231 e. The van der Waals surface area contributed by atoms with Crippen LogP contribution in [0.2, 0.25) is 0 Å². The molecule has 1 aromatic carbocycles. The van der Waals surface area contributed by atoms with Gasteiger partial charge in [-0.05, 0) is 51.3 Å². The minimum Gasteiger partial charge on any atom is -0.454 e. The summed E-state index contributed by atoms with van der Waals surface area (Å²) < 4.78 is 10.6. The second-order valence-corrected chi connectivity index (χ2v) is 7.73. The number of benzene rings is 1. The molecule has 2 saturated heterocycles. The van der Waals surface area contributed by atoms with Crippen molar-refractivity contribution >= 4 is 17.5 Å². The molecule has 7 nitrogen and oxygen atoms in total. The molecule has 0 bridgehead atoms. The van der Waals surface area contributed by atoms with E-state index >= 15 is 0 Å². The first-order chi connectivity index (χ1) is 13.1. The molecule has 0 aromatic heterocycles. The lowest BCUT2D eigenvalue weighted by Crippen LogP contribution is -2.47. The fourth-order valence-corrected chi connectivity index (χ4v) is 4.20. The predicted octanol–water partition coefficient (Wildman–Crippen LogP) is 1.98. The van der Waals surface area contributed by atoms with Crippen molar-refractivity contribution in [2.24, 2.45) is 11.8 Å². The molecule has 0 aliphatic carbocycles. The van der Waals surface area contributed by atoms with Crippen LogP contribution in [0.3, 0.4) is 0 Å². The second kappa shape index (κ2) is 7.76. The lowest BCUT2D eigenvalue weighted by Gasteiger charge is -2.36. The SMILES string of the molecule is C[C@H]1C[C@@H](C(=O)N2CCC(C(=O)Nc3ccc4c(c3)OCO4)CC2)CCN1. The van der Waals surface area contributed by atoms with Gasteiger partial charge >= 0.3 is 0 Å². The number of likely N-dealkylation sites (tertiary alicyclic amines) is 1. The molecule has 2 N–H and O–H groups in total. The summed E-state index contributed by atoms with van der Waals surface area (Å²) in [5.41, 5.74) is 0.714. The number of piperidine rings is 2. The number of ether oxygens (including phenoxy) is 2. The van der Waals surface area contributed by atoms with Crippen LogP contribution in [-0.4, -0.2) is 49.2 Å². The van der Waals surface area contributed by atoms with Gasteiger partial charge in [-0.25, -0.2) is 0 Å². The van der Waals surface area contributed by atoms with Gasteiger partial charge in [-0.1, -0.05) is 0 Å². The van der Waals surface area contributed by atoms with Gasteiger partial charge in [0.15, 0.2) is 11.5 Å². The third-order valence-corrected chi connectivity index (χ3v) is 5.79. The molecule has 0 unspecified atom stereocenters. The summed E-state index contributed by atoms with van der Waals surface area (Å²) in [6.45, 7) is 4.58. The summed E-state index contributed by atoms with van der Waals surface area (Å²) in [7, 11) is 0. The monoisotopic (exact) mass is 373 g/mol. The van der Waals surface area contributed by atoms with E-state index in [1.165, 1.54) is 0 Å². The van der Waals surface area contributed by atoms with Crippen molar-refractivity contribution in [3.63, 3.8) is 0 Å². The Kier molecular flexibility index (Phi) is 5.20. The van der Waals surface area contributed by atoms with Gasteiger partial charge in [-0.3, -0.25) is 9.59 Å². The zero-order valence-corrected chi connectivity index (χ0v) is 15.7. The van der Waals surface area contributed by atoms with Crippen molar-refractivity contribution in [1.29, 1.82) is 0 Å². The molecule has 2 fully saturated rings. The minimum absolute atomic E-state index is 0.0106. The normalized spacial score (nSPS) is 25.3. The molecular formula is C20H27N3O4. The van der Waals surface area contributed by atoms with E-state index in [4.69, 9.17) is 9.47 Å². The molecule has 4 rings (SSSR count). The fraction of sp³-hybridized carbons (Fsp3) is 0.600. The molecule has 0 saturated carbocycles. The Labute approximate surface area is 159 Å². The number of amides is 2. The molecule has 0 spiro atoms. The Balaban J connectivity index is 1.28. The average Bonchev–Trinajstić information content (AvgIpc) is 3.15. The second-order valence-electron chi connectivity index (χ2n) is 7.73. The highest BCUT2D eigenvalue weighted by Crippen LogP contribution is 2.34. The van der Waals surface area contributed by atoms with Crippen LogP contribution in [0.15, 0.2) is 18.2 Å². The maximum Gasteiger partial charge on any atom is 0.231 e. The Hall–Kier alpha value is -2.28. The fourth-order valence-electron chi connectivity index (χ4n) is 4.20. The number of anilines is 1. The molecule has 3 aliphatic rings. The number of nitrogens with zero attached hydrogens (tertiary/aromatic N) is 1. The Morgan fingerprint density at radius 1 is 1.11 bits per heavy atom. The molecule has 3 aliphatic heterocycles. The van der Waals surface area contributed by atoms with Gasteiger partial charge in [0.1, 0.15) is 0 Å². The van der Waals surface area contributed by atoms with Gasteiger partial charge in [0, 0.05) is 42.7 Å². The number of hydrogen-bond donors (Lipinski definition) is 2. The largest absolute Gasteiger partial charge is 0.454 e. The summed E-state index contributed by atoms with van der Waals surface area (Å²) >= 11 is 0. The third-order valence-electron chi connectivity index (χ3n) is 5.79. The van der Waals surface area contributed by atoms with Crippen molar-refractivity contribution in [2.45, 2.75) is 38.6 Å². The molecule has 7 heteroatoms. The number of fused-ring (bicyclic) bond motifs is 1. The molecule has 3 heterocycles. The summed E-state index contributed by atoms with van der Waals surface area (Å²) in [6, 6.07) is 5.82. The molecule has 2 amide bonds. The van der Waals surface area contributed by atoms with Gasteiger partial charge < -0.3 is 25.0 Å². The van der Waals surface area contributed by atoms with Gasteiger partial charge in [-0.2, -0.15) is 0 Å². The summed E-state index contributed by atoms with van der Waals surface area (Å²) in [5, 5.41) is 6.36. The maximum absolute atomic E-state index is 12.7. The van der Waals surface area contributed by atoms with Crippen LogP contribution in [0.4, 0.5) is 5.69 Å². The predicted molar refractivity (Wildman–Crippen MR) is 101 cm³/mol. The van der Waals surface area contributed by atoms with Crippen LogP contribution in [0, 0.1) is 11.8 Å². The first-order valence-electron chi connectivity index (χ1n) is 9.83. The van der Waals surface area contributed by atoms with Gasteiger partial charge in [0.2, 0.25) is 18.6 Å². The zero-order valence-electron chi connectivity index (χ0n) is 15.7. The van der Waals surface area contributed by atoms with E-state index in [-0.39, 0.29) is 30.4 Å². The van der Waals surface area contributed by atoms with Crippen molar-refractivity contribution in [1.82, 2.24) is 10.2 Å². The van der Waals surface area contributed by atoms with Crippen LogP contribution >= 0.6 is 0 Å². The highest BCUT2D eigenvalue weighted by atomic mass is 16.7. The van der Waals surface area contributed by atoms with E-state index in [0.29, 0.717) is 49.2 Å². The highest BCUT2D eigenvalue weighted by Gasteiger charge is 2.32. The lowest BCUT2D eigenvalue weighted by atomic mass is 9.90. The summed E-state index contributed by atoms with van der Waals surface area (Å²) in [4.78, 5) is 27.3. The van der Waals surface area contributed by atoms with Crippen molar-refractivity contribution in [2.75, 3.05) is 31.7 Å². The number of carbonyl (C=O) groups excluding carboxylic acids is 2. The molecule has 27 heavy (non-hydrogen) atoms. The molecule has 0 radical (unpaired) electrons. The van der Waals surface area contributed by atoms with E-state index in [1.54, 1.807) is 12.1 Å². The Morgan fingerprint density at radius 3 is 2.67 bits per heavy atom. The van der Waals surface area contributed by atoms with E-state index in [0.717, 1.165) is 19.4 Å². The third kappa shape index (κ3) is 4.03. The minimum atomic E-state index is -0.0635. The van der Waals surface area contributed by atoms with Crippen molar-refractivity contribution in [3.8, 4) is 11.5 Å². The van der Waals surface area contributed by atoms with E-state index in [2.05, 4.69) is 17.6 Å². The van der Waals surface area contributed by atoms with Crippen LogP contribution in [-0.2, 0) is 9.59 Å². The number of carbonyl (C=O) groups is 2. The van der Waals surface area contributed by atoms with E-state index in [9.17, 15) is 9.59 Å². The van der Waals surface area contributed by atoms with E-state index in [1.807, 2.05) is 11.0 Å². The topological polar surface area (TPSA) is 79.9 Å². The van der Waals surface area contributed by atoms with Crippen LogP contribution < -0.4 is 20.1 Å². The standard InChI is InChI=1S/C20H27N3O4/c1-13-10-15(4-7-21-13)20(25)23-8-5-14(6-9-23)19(24)22-16-2-3-17-18(11-16)27-12-26-17/h2-3,11,13-15,21H,4-10,12H2,1H3,(H,22,24)/t13-,15-/m0/s1.